The fraction of sp³-hybridized carbons (Fsp3) is 0.462. The van der Waals surface area contributed by atoms with Gasteiger partial charge in [0.2, 0.25) is 10.0 Å². The summed E-state index contributed by atoms with van der Waals surface area (Å²) in [6.45, 7) is 7.66. The van der Waals surface area contributed by atoms with E-state index in [9.17, 15) is 18.5 Å². The summed E-state index contributed by atoms with van der Waals surface area (Å²) in [5.41, 5.74) is -0.135. The Kier molecular flexibility index (Phi) is 4.92. The number of sulfonamides is 1. The van der Waals surface area contributed by atoms with Gasteiger partial charge in [0.15, 0.2) is 0 Å². The summed E-state index contributed by atoms with van der Waals surface area (Å²) in [4.78, 5) is 12.1. The van der Waals surface area contributed by atoms with Crippen molar-refractivity contribution in [2.24, 2.45) is 0 Å². The first-order valence-corrected chi connectivity index (χ1v) is 8.10. The molecule has 114 valence electrons. The molecule has 1 aliphatic rings. The molecule has 0 unspecified atom stereocenters. The van der Waals surface area contributed by atoms with Gasteiger partial charge in [-0.3, -0.25) is 10.1 Å². The third-order valence-corrected chi connectivity index (χ3v) is 4.93. The molecule has 2 radical (unpaired) electrons. The van der Waals surface area contributed by atoms with E-state index >= 15 is 0 Å². The summed E-state index contributed by atoms with van der Waals surface area (Å²) in [6.07, 6.45) is 1.27. The van der Waals surface area contributed by atoms with Gasteiger partial charge in [0, 0.05) is 24.7 Å². The van der Waals surface area contributed by atoms with Crippen LogP contribution in [-0.4, -0.2) is 43.9 Å². The summed E-state index contributed by atoms with van der Waals surface area (Å²) in [6, 6.07) is 4.70. The average molecular weight is 311 g/mol. The molecule has 1 saturated heterocycles. The van der Waals surface area contributed by atoms with Crippen molar-refractivity contribution in [2.75, 3.05) is 19.6 Å². The van der Waals surface area contributed by atoms with Gasteiger partial charge in [-0.2, -0.15) is 0 Å². The first-order valence-electron chi connectivity index (χ1n) is 6.61. The zero-order chi connectivity index (χ0) is 15.5. The SMILES string of the molecule is [CH]CCN1CC[C@@H](NS(=O)(=O)c2ccc([N+](=O)[O-])cc2)C1. The average Bonchev–Trinajstić information content (AvgIpc) is 2.86. The zero-order valence-electron chi connectivity index (χ0n) is 11.4. The minimum absolute atomic E-state index is 0.0328. The van der Waals surface area contributed by atoms with Crippen molar-refractivity contribution in [3.8, 4) is 0 Å². The summed E-state index contributed by atoms with van der Waals surface area (Å²) in [5.74, 6) is 0. The Morgan fingerprint density at radius 1 is 1.38 bits per heavy atom. The molecule has 1 atom stereocenters. The first-order chi connectivity index (χ1) is 9.92. The second-order valence-electron chi connectivity index (χ2n) is 4.95. The maximum atomic E-state index is 12.2. The highest BCUT2D eigenvalue weighted by atomic mass is 32.2. The molecule has 0 aromatic heterocycles. The molecule has 0 aliphatic carbocycles. The molecule has 0 saturated carbocycles. The molecule has 1 aliphatic heterocycles. The molecular weight excluding hydrogens is 294 g/mol. The van der Waals surface area contributed by atoms with E-state index in [0.717, 1.165) is 19.5 Å². The van der Waals surface area contributed by atoms with Gasteiger partial charge in [0.1, 0.15) is 0 Å². The molecule has 1 N–H and O–H groups in total. The second-order valence-corrected chi connectivity index (χ2v) is 6.66. The fourth-order valence-corrected chi connectivity index (χ4v) is 3.61. The van der Waals surface area contributed by atoms with Crippen LogP contribution in [0.2, 0.25) is 0 Å². The third-order valence-electron chi connectivity index (χ3n) is 3.40. The quantitative estimate of drug-likeness (QED) is 0.626. The highest BCUT2D eigenvalue weighted by Gasteiger charge is 2.27. The standard InChI is InChI=1S/C13H17N3O4S/c1-2-8-15-9-7-11(10-15)14-21(19,20)13-5-3-12(4-6-13)16(17)18/h1,3-6,11,14H,2,7-10H2/t11-/m1/s1. The number of nitro benzene ring substituents is 1. The highest BCUT2D eigenvalue weighted by Crippen LogP contribution is 2.17. The third kappa shape index (κ3) is 3.99. The molecule has 2 rings (SSSR count). The molecule has 1 fully saturated rings. The topological polar surface area (TPSA) is 92.6 Å². The van der Waals surface area contributed by atoms with E-state index < -0.39 is 14.9 Å². The number of hydrogen-bond donors (Lipinski definition) is 1. The van der Waals surface area contributed by atoms with Gasteiger partial charge in [0.25, 0.3) is 5.69 Å². The number of hydrogen-bond acceptors (Lipinski definition) is 5. The Bertz CT molecular complexity index is 600. The lowest BCUT2D eigenvalue weighted by molar-refractivity contribution is -0.384. The predicted octanol–water partition coefficient (Wildman–Crippen LogP) is 1.05. The molecule has 8 heteroatoms. The maximum Gasteiger partial charge on any atom is 0.269 e. The van der Waals surface area contributed by atoms with Crippen LogP contribution in [0, 0.1) is 17.0 Å². The maximum absolute atomic E-state index is 12.2. The number of nitrogens with zero attached hydrogens (tertiary/aromatic N) is 2. The lowest BCUT2D eigenvalue weighted by Gasteiger charge is -2.15. The Hall–Kier alpha value is -1.51. The normalized spacial score (nSPS) is 19.8. The van der Waals surface area contributed by atoms with Crippen LogP contribution < -0.4 is 4.72 Å². The molecule has 0 amide bonds. The van der Waals surface area contributed by atoms with E-state index in [0.29, 0.717) is 13.0 Å². The van der Waals surface area contributed by atoms with Crippen LogP contribution in [0.25, 0.3) is 0 Å². The van der Waals surface area contributed by atoms with Gasteiger partial charge in [0.05, 0.1) is 9.82 Å². The number of nitro groups is 1. The molecule has 0 bridgehead atoms. The highest BCUT2D eigenvalue weighted by molar-refractivity contribution is 7.89. The van der Waals surface area contributed by atoms with Crippen LogP contribution in [0.5, 0.6) is 0 Å². The van der Waals surface area contributed by atoms with Crippen molar-refractivity contribution >= 4 is 15.7 Å². The van der Waals surface area contributed by atoms with Crippen molar-refractivity contribution in [1.29, 1.82) is 0 Å². The van der Waals surface area contributed by atoms with Crippen molar-refractivity contribution in [3.63, 3.8) is 0 Å². The monoisotopic (exact) mass is 311 g/mol. The largest absolute Gasteiger partial charge is 0.302 e. The lowest BCUT2D eigenvalue weighted by atomic mass is 10.3. The molecule has 1 aromatic rings. The van der Waals surface area contributed by atoms with Crippen molar-refractivity contribution in [2.45, 2.75) is 23.8 Å². The van der Waals surface area contributed by atoms with Gasteiger partial charge >= 0.3 is 0 Å². The molecule has 21 heavy (non-hydrogen) atoms. The molecule has 0 spiro atoms. The van der Waals surface area contributed by atoms with E-state index in [2.05, 4.69) is 9.62 Å². The molecule has 1 heterocycles. The smallest absolute Gasteiger partial charge is 0.269 e. The Labute approximate surface area is 124 Å². The number of benzene rings is 1. The minimum Gasteiger partial charge on any atom is -0.302 e. The number of rotatable bonds is 6. The summed E-state index contributed by atoms with van der Waals surface area (Å²) in [5, 5.41) is 10.6. The zero-order valence-corrected chi connectivity index (χ0v) is 12.3. The van der Waals surface area contributed by atoms with E-state index in [-0.39, 0.29) is 16.6 Å². The van der Waals surface area contributed by atoms with Gasteiger partial charge in [-0.25, -0.2) is 13.1 Å². The van der Waals surface area contributed by atoms with Gasteiger partial charge < -0.3 is 4.90 Å². The van der Waals surface area contributed by atoms with Crippen LogP contribution >= 0.6 is 0 Å². The number of nitrogens with one attached hydrogen (secondary N) is 1. The van der Waals surface area contributed by atoms with E-state index in [1.807, 2.05) is 0 Å². The Morgan fingerprint density at radius 2 is 2.05 bits per heavy atom. The molecule has 1 aromatic carbocycles. The van der Waals surface area contributed by atoms with E-state index in [4.69, 9.17) is 6.92 Å². The first kappa shape index (κ1) is 15.9. The van der Waals surface area contributed by atoms with Crippen LogP contribution in [-0.2, 0) is 10.0 Å². The van der Waals surface area contributed by atoms with Crippen molar-refractivity contribution in [1.82, 2.24) is 9.62 Å². The number of non-ortho nitro benzene ring substituents is 1. The Morgan fingerprint density at radius 3 is 2.62 bits per heavy atom. The second kappa shape index (κ2) is 6.50. The fourth-order valence-electron chi connectivity index (χ4n) is 2.35. The van der Waals surface area contributed by atoms with E-state index in [1.54, 1.807) is 0 Å². The summed E-state index contributed by atoms with van der Waals surface area (Å²) < 4.78 is 27.0. The van der Waals surface area contributed by atoms with Crippen LogP contribution in [0.1, 0.15) is 12.8 Å². The Balaban J connectivity index is 2.03. The van der Waals surface area contributed by atoms with Gasteiger partial charge in [-0.15, -0.1) is 0 Å². The van der Waals surface area contributed by atoms with Gasteiger partial charge in [-0.05, 0) is 45.0 Å². The van der Waals surface area contributed by atoms with Crippen LogP contribution in [0.15, 0.2) is 29.2 Å². The van der Waals surface area contributed by atoms with Gasteiger partial charge in [-0.1, -0.05) is 0 Å². The summed E-state index contributed by atoms with van der Waals surface area (Å²) in [7, 11) is -3.66. The van der Waals surface area contributed by atoms with Crippen molar-refractivity contribution < 1.29 is 13.3 Å². The van der Waals surface area contributed by atoms with Crippen LogP contribution in [0.4, 0.5) is 5.69 Å². The van der Waals surface area contributed by atoms with E-state index in [1.165, 1.54) is 24.3 Å². The summed E-state index contributed by atoms with van der Waals surface area (Å²) >= 11 is 0. The van der Waals surface area contributed by atoms with Crippen LogP contribution in [0.3, 0.4) is 0 Å². The lowest BCUT2D eigenvalue weighted by Crippen LogP contribution is -2.37. The molecular formula is C13H17N3O4S. The molecule has 7 nitrogen and oxygen atoms in total. The van der Waals surface area contributed by atoms with Crippen molar-refractivity contribution in [3.05, 3.63) is 41.3 Å². The minimum atomic E-state index is -3.66. The number of likely N-dealkylation sites (tertiary alicyclic amines) is 1. The predicted molar refractivity (Wildman–Crippen MR) is 77.2 cm³/mol.